The molecule has 1 aliphatic heterocycles. The number of hydrogen-bond acceptors (Lipinski definition) is 3. The first kappa shape index (κ1) is 15.0. The molecule has 5 heteroatoms. The lowest BCUT2D eigenvalue weighted by molar-refractivity contribution is -0.125. The molecule has 1 aromatic heterocycles. The Labute approximate surface area is 120 Å². The van der Waals surface area contributed by atoms with Gasteiger partial charge in [-0.2, -0.15) is 5.10 Å². The van der Waals surface area contributed by atoms with E-state index in [4.69, 9.17) is 5.73 Å². The third kappa shape index (κ3) is 3.03. The number of amides is 1. The number of carbonyl (C=O) groups excluding carboxylic acids is 1. The number of aryl methyl sites for hydroxylation is 2. The predicted octanol–water partition coefficient (Wildman–Crippen LogP) is 1.01. The molecule has 4 unspecified atom stereocenters. The Morgan fingerprint density at radius 2 is 2.25 bits per heavy atom. The van der Waals surface area contributed by atoms with Gasteiger partial charge in [-0.1, -0.05) is 13.8 Å². The largest absolute Gasteiger partial charge is 0.369 e. The van der Waals surface area contributed by atoms with Gasteiger partial charge in [-0.15, -0.1) is 0 Å². The van der Waals surface area contributed by atoms with E-state index in [2.05, 4.69) is 37.3 Å². The van der Waals surface area contributed by atoms with Crippen LogP contribution < -0.4 is 11.1 Å². The monoisotopic (exact) mass is 278 g/mol. The van der Waals surface area contributed by atoms with Gasteiger partial charge in [0.05, 0.1) is 11.6 Å². The second-order valence-electron chi connectivity index (χ2n) is 6.12. The van der Waals surface area contributed by atoms with Crippen LogP contribution in [0, 0.1) is 11.8 Å². The number of primary amides is 1. The van der Waals surface area contributed by atoms with Gasteiger partial charge in [0.1, 0.15) is 0 Å². The van der Waals surface area contributed by atoms with E-state index in [0.29, 0.717) is 12.0 Å². The fourth-order valence-corrected chi connectivity index (χ4v) is 3.46. The molecule has 3 N–H and O–H groups in total. The zero-order valence-electron chi connectivity index (χ0n) is 12.9. The Bertz CT molecular complexity index is 482. The van der Waals surface area contributed by atoms with Crippen molar-refractivity contribution < 1.29 is 4.79 Å². The first-order valence-corrected chi connectivity index (χ1v) is 7.49. The second-order valence-corrected chi connectivity index (χ2v) is 6.12. The third-order valence-electron chi connectivity index (χ3n) is 4.42. The lowest BCUT2D eigenvalue weighted by Gasteiger charge is -2.39. The highest BCUT2D eigenvalue weighted by atomic mass is 16.1. The van der Waals surface area contributed by atoms with Crippen molar-refractivity contribution in [3.63, 3.8) is 0 Å². The van der Waals surface area contributed by atoms with Crippen molar-refractivity contribution in [2.24, 2.45) is 24.6 Å². The molecular formula is C15H26N4O. The molecule has 1 amide bonds. The molecule has 0 aliphatic carbocycles. The van der Waals surface area contributed by atoms with Crippen LogP contribution in [0.5, 0.6) is 0 Å². The number of rotatable bonds is 4. The maximum Gasteiger partial charge on any atom is 0.222 e. The van der Waals surface area contributed by atoms with Crippen LogP contribution in [0.4, 0.5) is 0 Å². The zero-order chi connectivity index (χ0) is 14.9. The fourth-order valence-electron chi connectivity index (χ4n) is 3.46. The van der Waals surface area contributed by atoms with Crippen LogP contribution in [-0.4, -0.2) is 27.8 Å². The van der Waals surface area contributed by atoms with Crippen LogP contribution in [0.1, 0.15) is 38.6 Å². The van der Waals surface area contributed by atoms with Crippen LogP contribution in [0.2, 0.25) is 0 Å². The molecule has 1 saturated heterocycles. The number of nitrogens with zero attached hydrogens (tertiary/aromatic N) is 2. The number of nitrogens with two attached hydrogens (primary N) is 1. The summed E-state index contributed by atoms with van der Waals surface area (Å²) in [6.07, 6.45) is 2.72. The van der Waals surface area contributed by atoms with Gasteiger partial charge in [0.25, 0.3) is 0 Å². The summed E-state index contributed by atoms with van der Waals surface area (Å²) in [6, 6.07) is 2.65. The van der Waals surface area contributed by atoms with Crippen LogP contribution in [-0.2, 0) is 24.7 Å². The molecule has 112 valence electrons. The van der Waals surface area contributed by atoms with Gasteiger partial charge in [0.15, 0.2) is 0 Å². The van der Waals surface area contributed by atoms with Crippen molar-refractivity contribution in [1.29, 1.82) is 0 Å². The van der Waals surface area contributed by atoms with Crippen molar-refractivity contribution in [3.8, 4) is 0 Å². The normalized spacial score (nSPS) is 30.4. The highest BCUT2D eigenvalue weighted by Gasteiger charge is 2.37. The third-order valence-corrected chi connectivity index (χ3v) is 4.42. The molecule has 0 aromatic carbocycles. The van der Waals surface area contributed by atoms with E-state index in [1.165, 1.54) is 0 Å². The minimum Gasteiger partial charge on any atom is -0.369 e. The van der Waals surface area contributed by atoms with E-state index >= 15 is 0 Å². The predicted molar refractivity (Wildman–Crippen MR) is 79.1 cm³/mol. The van der Waals surface area contributed by atoms with Gasteiger partial charge in [0.2, 0.25) is 5.91 Å². The van der Waals surface area contributed by atoms with Crippen molar-refractivity contribution in [2.75, 3.05) is 0 Å². The van der Waals surface area contributed by atoms with E-state index in [1.807, 2.05) is 11.7 Å². The fraction of sp³-hybridized carbons (Fsp3) is 0.733. The summed E-state index contributed by atoms with van der Waals surface area (Å²) < 4.78 is 1.92. The number of piperidine rings is 1. The Morgan fingerprint density at radius 3 is 2.80 bits per heavy atom. The number of hydrogen-bond donors (Lipinski definition) is 2. The lowest BCUT2D eigenvalue weighted by Crippen LogP contribution is -2.55. The minimum atomic E-state index is -0.195. The standard InChI is InChI=1S/C15H26N4O/c1-5-11-7-12(19(4)18-11)8-13-14(15(16)20)9(2)6-10(3)17-13/h7,9-10,13-14,17H,5-6,8H2,1-4H3,(H2,16,20). The van der Waals surface area contributed by atoms with Gasteiger partial charge in [-0.25, -0.2) is 0 Å². The topological polar surface area (TPSA) is 72.9 Å². The van der Waals surface area contributed by atoms with Crippen LogP contribution in [0.3, 0.4) is 0 Å². The van der Waals surface area contributed by atoms with E-state index in [0.717, 1.165) is 30.7 Å². The summed E-state index contributed by atoms with van der Waals surface area (Å²) in [6.45, 7) is 6.39. The first-order chi connectivity index (χ1) is 9.42. The highest BCUT2D eigenvalue weighted by molar-refractivity contribution is 5.78. The number of aromatic nitrogens is 2. The second kappa shape index (κ2) is 5.95. The van der Waals surface area contributed by atoms with Gasteiger partial charge in [0, 0.05) is 31.2 Å². The lowest BCUT2D eigenvalue weighted by atomic mass is 9.77. The molecule has 1 aliphatic rings. The Hall–Kier alpha value is -1.36. The highest BCUT2D eigenvalue weighted by Crippen LogP contribution is 2.28. The van der Waals surface area contributed by atoms with Crippen LogP contribution in [0.15, 0.2) is 6.07 Å². The summed E-state index contributed by atoms with van der Waals surface area (Å²) in [5.41, 5.74) is 7.87. The number of nitrogens with one attached hydrogen (secondary N) is 1. The Morgan fingerprint density at radius 1 is 1.55 bits per heavy atom. The summed E-state index contributed by atoms with van der Waals surface area (Å²) >= 11 is 0. The molecule has 0 spiro atoms. The summed E-state index contributed by atoms with van der Waals surface area (Å²) in [7, 11) is 1.96. The van der Waals surface area contributed by atoms with E-state index in [1.54, 1.807) is 0 Å². The molecule has 5 nitrogen and oxygen atoms in total. The number of carbonyl (C=O) groups is 1. The molecule has 0 saturated carbocycles. The molecule has 0 radical (unpaired) electrons. The van der Waals surface area contributed by atoms with E-state index in [-0.39, 0.29) is 17.9 Å². The van der Waals surface area contributed by atoms with Crippen molar-refractivity contribution in [2.45, 2.75) is 52.1 Å². The van der Waals surface area contributed by atoms with Crippen molar-refractivity contribution >= 4 is 5.91 Å². The SMILES string of the molecule is CCc1cc(CC2NC(C)CC(C)C2C(N)=O)n(C)n1. The molecular weight excluding hydrogens is 252 g/mol. The smallest absolute Gasteiger partial charge is 0.222 e. The minimum absolute atomic E-state index is 0.103. The van der Waals surface area contributed by atoms with E-state index < -0.39 is 0 Å². The van der Waals surface area contributed by atoms with Gasteiger partial charge < -0.3 is 11.1 Å². The zero-order valence-corrected chi connectivity index (χ0v) is 12.9. The van der Waals surface area contributed by atoms with Crippen molar-refractivity contribution in [1.82, 2.24) is 15.1 Å². The van der Waals surface area contributed by atoms with Crippen LogP contribution >= 0.6 is 0 Å². The maximum atomic E-state index is 11.8. The van der Waals surface area contributed by atoms with Gasteiger partial charge in [-0.3, -0.25) is 9.48 Å². The molecule has 1 fully saturated rings. The summed E-state index contributed by atoms with van der Waals surface area (Å²) in [4.78, 5) is 11.8. The van der Waals surface area contributed by atoms with Crippen LogP contribution in [0.25, 0.3) is 0 Å². The molecule has 2 rings (SSSR count). The quantitative estimate of drug-likeness (QED) is 0.863. The molecule has 4 atom stereocenters. The average molecular weight is 278 g/mol. The summed E-state index contributed by atoms with van der Waals surface area (Å²) in [5, 5.41) is 8.01. The van der Waals surface area contributed by atoms with E-state index in [9.17, 15) is 4.79 Å². The first-order valence-electron chi connectivity index (χ1n) is 7.49. The Kier molecular flexibility index (Phi) is 4.48. The molecule has 2 heterocycles. The van der Waals surface area contributed by atoms with Gasteiger partial charge >= 0.3 is 0 Å². The average Bonchev–Trinajstić information content (AvgIpc) is 2.68. The molecule has 20 heavy (non-hydrogen) atoms. The van der Waals surface area contributed by atoms with Gasteiger partial charge in [-0.05, 0) is 31.7 Å². The summed E-state index contributed by atoms with van der Waals surface area (Å²) in [5.74, 6) is 0.0265. The van der Waals surface area contributed by atoms with Crippen molar-refractivity contribution in [3.05, 3.63) is 17.5 Å². The molecule has 1 aromatic rings. The Balaban J connectivity index is 2.19. The maximum absolute atomic E-state index is 11.8. The molecule has 0 bridgehead atoms.